The molecule has 0 saturated heterocycles. The van der Waals surface area contributed by atoms with Gasteiger partial charge < -0.3 is 10.4 Å². The summed E-state index contributed by atoms with van der Waals surface area (Å²) >= 11 is 0. The van der Waals surface area contributed by atoms with Crippen LogP contribution in [0.25, 0.3) is 0 Å². The fourth-order valence-electron chi connectivity index (χ4n) is 1.62. The maximum atomic E-state index is 12.3. The molecule has 4 nitrogen and oxygen atoms in total. The topological polar surface area (TPSA) is 62.2 Å². The quantitative estimate of drug-likeness (QED) is 0.874. The van der Waals surface area contributed by atoms with E-state index < -0.39 is 23.8 Å². The SMILES string of the molecule is CC(C)CC(O)CNC(=O)c1ccc(C(F)(F)F)cn1. The average Bonchev–Trinajstić information content (AvgIpc) is 2.34. The lowest BCUT2D eigenvalue weighted by Crippen LogP contribution is -2.33. The number of rotatable bonds is 5. The second-order valence-corrected chi connectivity index (χ2v) is 4.92. The maximum Gasteiger partial charge on any atom is 0.417 e. The van der Waals surface area contributed by atoms with Crippen LogP contribution in [0.3, 0.4) is 0 Å². The van der Waals surface area contributed by atoms with E-state index in [0.29, 0.717) is 12.6 Å². The molecule has 2 N–H and O–H groups in total. The van der Waals surface area contributed by atoms with Crippen LogP contribution in [0.4, 0.5) is 13.2 Å². The van der Waals surface area contributed by atoms with Crippen molar-refractivity contribution in [3.05, 3.63) is 29.6 Å². The van der Waals surface area contributed by atoms with E-state index in [9.17, 15) is 23.1 Å². The second kappa shape index (κ2) is 6.69. The first-order valence-electron chi connectivity index (χ1n) is 6.19. The Labute approximate surface area is 115 Å². The number of aromatic nitrogens is 1. The number of alkyl halides is 3. The molecule has 1 amide bonds. The summed E-state index contributed by atoms with van der Waals surface area (Å²) in [7, 11) is 0. The number of amides is 1. The highest BCUT2D eigenvalue weighted by Crippen LogP contribution is 2.28. The Hall–Kier alpha value is -1.63. The van der Waals surface area contributed by atoms with Crippen LogP contribution >= 0.6 is 0 Å². The Morgan fingerprint density at radius 3 is 2.50 bits per heavy atom. The van der Waals surface area contributed by atoms with E-state index >= 15 is 0 Å². The molecule has 0 spiro atoms. The molecule has 0 aromatic carbocycles. The van der Waals surface area contributed by atoms with Crippen LogP contribution < -0.4 is 5.32 Å². The number of nitrogens with zero attached hydrogens (tertiary/aromatic N) is 1. The fraction of sp³-hybridized carbons (Fsp3) is 0.538. The standard InChI is InChI=1S/C13H17F3N2O2/c1-8(2)5-10(19)7-18-12(20)11-4-3-9(6-17-11)13(14,15)16/h3-4,6,8,10,19H,5,7H2,1-2H3,(H,18,20). The largest absolute Gasteiger partial charge is 0.417 e. The van der Waals surface area contributed by atoms with Crippen molar-refractivity contribution in [1.29, 1.82) is 0 Å². The first kappa shape index (κ1) is 16.4. The smallest absolute Gasteiger partial charge is 0.391 e. The van der Waals surface area contributed by atoms with Crippen LogP contribution in [0, 0.1) is 5.92 Å². The molecule has 0 aliphatic carbocycles. The van der Waals surface area contributed by atoms with Gasteiger partial charge in [-0.25, -0.2) is 0 Å². The van der Waals surface area contributed by atoms with Gasteiger partial charge in [0, 0.05) is 12.7 Å². The molecule has 0 aliphatic rings. The Bertz CT molecular complexity index is 444. The van der Waals surface area contributed by atoms with Crippen molar-refractivity contribution in [1.82, 2.24) is 10.3 Å². The third-order valence-electron chi connectivity index (χ3n) is 2.57. The zero-order valence-electron chi connectivity index (χ0n) is 11.2. The van der Waals surface area contributed by atoms with Crippen molar-refractivity contribution < 1.29 is 23.1 Å². The van der Waals surface area contributed by atoms with Crippen molar-refractivity contribution in [2.24, 2.45) is 5.92 Å². The van der Waals surface area contributed by atoms with Gasteiger partial charge in [0.1, 0.15) is 5.69 Å². The molecule has 1 unspecified atom stereocenters. The lowest BCUT2D eigenvalue weighted by atomic mass is 10.1. The Morgan fingerprint density at radius 2 is 2.05 bits per heavy atom. The van der Waals surface area contributed by atoms with E-state index in [2.05, 4.69) is 10.3 Å². The van der Waals surface area contributed by atoms with Gasteiger partial charge >= 0.3 is 6.18 Å². The highest BCUT2D eigenvalue weighted by molar-refractivity contribution is 5.92. The van der Waals surface area contributed by atoms with E-state index in [-0.39, 0.29) is 18.2 Å². The van der Waals surface area contributed by atoms with Gasteiger partial charge in [0.05, 0.1) is 11.7 Å². The zero-order chi connectivity index (χ0) is 15.3. The van der Waals surface area contributed by atoms with Crippen LogP contribution in [0.5, 0.6) is 0 Å². The van der Waals surface area contributed by atoms with Crippen LogP contribution in [0.15, 0.2) is 18.3 Å². The molecule has 0 bridgehead atoms. The van der Waals surface area contributed by atoms with Gasteiger partial charge in [0.15, 0.2) is 0 Å². The lowest BCUT2D eigenvalue weighted by molar-refractivity contribution is -0.137. The first-order valence-corrected chi connectivity index (χ1v) is 6.19. The van der Waals surface area contributed by atoms with Gasteiger partial charge in [-0.2, -0.15) is 13.2 Å². The molecule has 0 radical (unpaired) electrons. The molecular formula is C13H17F3N2O2. The third kappa shape index (κ3) is 5.16. The number of nitrogens with one attached hydrogen (secondary N) is 1. The number of carbonyl (C=O) groups excluding carboxylic acids is 1. The molecule has 1 heterocycles. The molecule has 0 saturated carbocycles. The number of hydrogen-bond donors (Lipinski definition) is 2. The summed E-state index contributed by atoms with van der Waals surface area (Å²) in [5.41, 5.74) is -1.02. The summed E-state index contributed by atoms with van der Waals surface area (Å²) in [6.07, 6.45) is -4.02. The molecule has 112 valence electrons. The Morgan fingerprint density at radius 1 is 1.40 bits per heavy atom. The minimum absolute atomic E-state index is 0.0414. The van der Waals surface area contributed by atoms with Crippen molar-refractivity contribution in [3.63, 3.8) is 0 Å². The lowest BCUT2D eigenvalue weighted by Gasteiger charge is -2.13. The van der Waals surface area contributed by atoms with E-state index in [1.165, 1.54) is 0 Å². The monoisotopic (exact) mass is 290 g/mol. The van der Waals surface area contributed by atoms with E-state index in [4.69, 9.17) is 0 Å². The first-order chi connectivity index (χ1) is 9.20. The molecule has 1 atom stereocenters. The third-order valence-corrected chi connectivity index (χ3v) is 2.57. The van der Waals surface area contributed by atoms with Gasteiger partial charge in [0.25, 0.3) is 5.91 Å². The number of carbonyl (C=O) groups is 1. The van der Waals surface area contributed by atoms with Gasteiger partial charge in [-0.3, -0.25) is 9.78 Å². The van der Waals surface area contributed by atoms with Crippen LogP contribution in [0.2, 0.25) is 0 Å². The van der Waals surface area contributed by atoms with Crippen molar-refractivity contribution in [2.75, 3.05) is 6.54 Å². The maximum absolute atomic E-state index is 12.3. The molecular weight excluding hydrogens is 273 g/mol. The number of aliphatic hydroxyl groups excluding tert-OH is 1. The van der Waals surface area contributed by atoms with Crippen LogP contribution in [-0.4, -0.2) is 28.6 Å². The average molecular weight is 290 g/mol. The van der Waals surface area contributed by atoms with Crippen LogP contribution in [-0.2, 0) is 6.18 Å². The highest BCUT2D eigenvalue weighted by Gasteiger charge is 2.30. The van der Waals surface area contributed by atoms with E-state index in [0.717, 1.165) is 12.1 Å². The summed E-state index contributed by atoms with van der Waals surface area (Å²) in [4.78, 5) is 15.1. The number of halogens is 3. The molecule has 1 aromatic rings. The minimum atomic E-state index is -4.48. The normalized spacial score (nSPS) is 13.3. The fourth-order valence-corrected chi connectivity index (χ4v) is 1.62. The minimum Gasteiger partial charge on any atom is -0.391 e. The summed E-state index contributed by atoms with van der Waals surface area (Å²) in [6.45, 7) is 3.91. The van der Waals surface area contributed by atoms with Gasteiger partial charge in [-0.15, -0.1) is 0 Å². The van der Waals surface area contributed by atoms with E-state index in [1.807, 2.05) is 13.8 Å². The number of aliphatic hydroxyl groups is 1. The molecule has 0 fully saturated rings. The van der Waals surface area contributed by atoms with Crippen molar-refractivity contribution in [3.8, 4) is 0 Å². The molecule has 20 heavy (non-hydrogen) atoms. The second-order valence-electron chi connectivity index (χ2n) is 4.92. The van der Waals surface area contributed by atoms with Gasteiger partial charge in [-0.05, 0) is 24.5 Å². The predicted octanol–water partition coefficient (Wildman–Crippen LogP) is 2.24. The molecule has 0 aliphatic heterocycles. The van der Waals surface area contributed by atoms with Gasteiger partial charge in [0.2, 0.25) is 0 Å². The summed E-state index contributed by atoms with van der Waals surface area (Å²) in [6, 6.07) is 1.81. The zero-order valence-corrected chi connectivity index (χ0v) is 11.2. The summed E-state index contributed by atoms with van der Waals surface area (Å²) < 4.78 is 37.0. The molecule has 1 rings (SSSR count). The molecule has 7 heteroatoms. The summed E-state index contributed by atoms with van der Waals surface area (Å²) in [5, 5.41) is 12.0. The number of pyridine rings is 1. The van der Waals surface area contributed by atoms with Gasteiger partial charge in [-0.1, -0.05) is 13.8 Å². The van der Waals surface area contributed by atoms with E-state index in [1.54, 1.807) is 0 Å². The van der Waals surface area contributed by atoms with Crippen molar-refractivity contribution in [2.45, 2.75) is 32.5 Å². The predicted molar refractivity (Wildman–Crippen MR) is 67.0 cm³/mol. The summed E-state index contributed by atoms with van der Waals surface area (Å²) in [5.74, 6) is -0.326. The van der Waals surface area contributed by atoms with Crippen molar-refractivity contribution >= 4 is 5.91 Å². The van der Waals surface area contributed by atoms with Crippen LogP contribution in [0.1, 0.15) is 36.3 Å². The number of hydrogen-bond acceptors (Lipinski definition) is 3. The Balaban J connectivity index is 2.56. The Kier molecular flexibility index (Phi) is 5.50. The molecule has 1 aromatic heterocycles. The highest BCUT2D eigenvalue weighted by atomic mass is 19.4.